The molecule has 1 aromatic carbocycles. The Bertz CT molecular complexity index is 499. The first-order valence-electron chi connectivity index (χ1n) is 7.36. The number of carbonyl (C=O) groups excluding carboxylic acids is 1. The largest absolute Gasteiger partial charge is 0.356 e. The summed E-state index contributed by atoms with van der Waals surface area (Å²) in [7, 11) is 0. The van der Waals surface area contributed by atoms with E-state index in [9.17, 15) is 14.9 Å². The number of carbonyl (C=O) groups is 1. The summed E-state index contributed by atoms with van der Waals surface area (Å²) in [6.07, 6.45) is 3.09. The number of benzene rings is 1. The van der Waals surface area contributed by atoms with Crippen molar-refractivity contribution in [2.75, 3.05) is 19.6 Å². The molecule has 6 heteroatoms. The lowest BCUT2D eigenvalue weighted by Gasteiger charge is -2.09. The van der Waals surface area contributed by atoms with E-state index in [1.807, 2.05) is 6.07 Å². The summed E-state index contributed by atoms with van der Waals surface area (Å²) in [5, 5.41) is 16.9. The monoisotopic (exact) mass is 291 g/mol. The number of nitro benzene ring substituents is 1. The molecule has 0 spiro atoms. The van der Waals surface area contributed by atoms with Crippen LogP contribution < -0.4 is 10.6 Å². The molecule has 114 valence electrons. The normalized spacial score (nSPS) is 17.6. The third-order valence-corrected chi connectivity index (χ3v) is 3.80. The van der Waals surface area contributed by atoms with Crippen molar-refractivity contribution in [2.45, 2.75) is 25.7 Å². The van der Waals surface area contributed by atoms with Crippen LogP contribution in [0.3, 0.4) is 0 Å². The quantitative estimate of drug-likeness (QED) is 0.591. The Balaban J connectivity index is 1.68. The fourth-order valence-corrected chi connectivity index (χ4v) is 2.55. The average molecular weight is 291 g/mol. The second-order valence-electron chi connectivity index (χ2n) is 5.42. The van der Waals surface area contributed by atoms with Crippen LogP contribution in [0.5, 0.6) is 0 Å². The van der Waals surface area contributed by atoms with Crippen LogP contribution in [-0.4, -0.2) is 30.5 Å². The maximum absolute atomic E-state index is 11.7. The number of aryl methyl sites for hydroxylation is 1. The van der Waals surface area contributed by atoms with Crippen molar-refractivity contribution < 1.29 is 9.72 Å². The standard InChI is InChI=1S/C15H21N3O3/c19-15(17-9-7-13-6-8-16-11-13)5-4-12-2-1-3-14(10-12)18(20)21/h1-3,10,13,16H,4-9,11H2,(H,17,19). The van der Waals surface area contributed by atoms with Gasteiger partial charge in [0.05, 0.1) is 4.92 Å². The molecule has 0 radical (unpaired) electrons. The van der Waals surface area contributed by atoms with E-state index in [0.29, 0.717) is 25.3 Å². The van der Waals surface area contributed by atoms with Crippen molar-refractivity contribution in [3.63, 3.8) is 0 Å². The zero-order valence-electron chi connectivity index (χ0n) is 12.0. The van der Waals surface area contributed by atoms with Gasteiger partial charge in [-0.25, -0.2) is 0 Å². The molecule has 2 rings (SSSR count). The first kappa shape index (κ1) is 15.4. The molecule has 2 N–H and O–H groups in total. The highest BCUT2D eigenvalue weighted by molar-refractivity contribution is 5.76. The summed E-state index contributed by atoms with van der Waals surface area (Å²) < 4.78 is 0. The van der Waals surface area contributed by atoms with Crippen LogP contribution in [0, 0.1) is 16.0 Å². The lowest BCUT2D eigenvalue weighted by atomic mass is 10.1. The van der Waals surface area contributed by atoms with Crippen LogP contribution >= 0.6 is 0 Å². The Kier molecular flexibility index (Phi) is 5.68. The van der Waals surface area contributed by atoms with Gasteiger partial charge in [0, 0.05) is 25.1 Å². The third-order valence-electron chi connectivity index (χ3n) is 3.80. The Morgan fingerprint density at radius 2 is 2.33 bits per heavy atom. The van der Waals surface area contributed by atoms with E-state index in [0.717, 1.165) is 25.1 Å². The van der Waals surface area contributed by atoms with Crippen LogP contribution in [0.4, 0.5) is 5.69 Å². The fourth-order valence-electron chi connectivity index (χ4n) is 2.55. The maximum atomic E-state index is 11.7. The van der Waals surface area contributed by atoms with E-state index in [4.69, 9.17) is 0 Å². The fraction of sp³-hybridized carbons (Fsp3) is 0.533. The zero-order chi connectivity index (χ0) is 15.1. The molecular weight excluding hydrogens is 270 g/mol. The predicted octanol–water partition coefficient (Wildman–Crippen LogP) is 1.64. The lowest BCUT2D eigenvalue weighted by molar-refractivity contribution is -0.384. The molecule has 1 atom stereocenters. The molecule has 21 heavy (non-hydrogen) atoms. The zero-order valence-corrected chi connectivity index (χ0v) is 12.0. The van der Waals surface area contributed by atoms with Crippen LogP contribution in [-0.2, 0) is 11.2 Å². The summed E-state index contributed by atoms with van der Waals surface area (Å²) in [4.78, 5) is 22.0. The second-order valence-corrected chi connectivity index (χ2v) is 5.42. The Labute approximate surface area is 124 Å². The van der Waals surface area contributed by atoms with E-state index < -0.39 is 4.92 Å². The van der Waals surface area contributed by atoms with Gasteiger partial charge in [-0.15, -0.1) is 0 Å². The molecule has 0 bridgehead atoms. The summed E-state index contributed by atoms with van der Waals surface area (Å²) in [6.45, 7) is 2.83. The molecule has 1 saturated heterocycles. The van der Waals surface area contributed by atoms with E-state index in [1.165, 1.54) is 18.6 Å². The van der Waals surface area contributed by atoms with Gasteiger partial charge >= 0.3 is 0 Å². The number of rotatable bonds is 7. The maximum Gasteiger partial charge on any atom is 0.269 e. The Hall–Kier alpha value is -1.95. The van der Waals surface area contributed by atoms with E-state index >= 15 is 0 Å². The molecule has 1 aromatic rings. The van der Waals surface area contributed by atoms with Crippen LogP contribution in [0.1, 0.15) is 24.8 Å². The SMILES string of the molecule is O=C(CCc1cccc([N+](=O)[O-])c1)NCCC1CCNC1. The number of nitrogens with one attached hydrogen (secondary N) is 2. The van der Waals surface area contributed by atoms with E-state index in [-0.39, 0.29) is 11.6 Å². The van der Waals surface area contributed by atoms with Gasteiger partial charge in [0.15, 0.2) is 0 Å². The number of nitro groups is 1. The highest BCUT2D eigenvalue weighted by Crippen LogP contribution is 2.14. The molecule has 1 unspecified atom stereocenters. The molecule has 1 aliphatic rings. The number of non-ortho nitro benzene ring substituents is 1. The van der Waals surface area contributed by atoms with E-state index in [2.05, 4.69) is 10.6 Å². The van der Waals surface area contributed by atoms with Crippen LogP contribution in [0.15, 0.2) is 24.3 Å². The predicted molar refractivity (Wildman–Crippen MR) is 80.0 cm³/mol. The number of amides is 1. The molecule has 1 amide bonds. The minimum Gasteiger partial charge on any atom is -0.356 e. The van der Waals surface area contributed by atoms with Crippen molar-refractivity contribution in [3.8, 4) is 0 Å². The highest BCUT2D eigenvalue weighted by Gasteiger charge is 2.14. The smallest absolute Gasteiger partial charge is 0.269 e. The van der Waals surface area contributed by atoms with Crippen molar-refractivity contribution in [3.05, 3.63) is 39.9 Å². The third kappa shape index (κ3) is 5.15. The number of nitrogens with zero attached hydrogens (tertiary/aromatic N) is 1. The van der Waals surface area contributed by atoms with E-state index in [1.54, 1.807) is 6.07 Å². The van der Waals surface area contributed by atoms with Crippen LogP contribution in [0.25, 0.3) is 0 Å². The average Bonchev–Trinajstić information content (AvgIpc) is 2.99. The van der Waals surface area contributed by atoms with Crippen molar-refractivity contribution in [2.24, 2.45) is 5.92 Å². The van der Waals surface area contributed by atoms with Gasteiger partial charge in [0.25, 0.3) is 5.69 Å². The minimum absolute atomic E-state index is 0.00691. The summed E-state index contributed by atoms with van der Waals surface area (Å²) in [5.41, 5.74) is 0.890. The van der Waals surface area contributed by atoms with Gasteiger partial charge < -0.3 is 10.6 Å². The molecule has 6 nitrogen and oxygen atoms in total. The summed E-state index contributed by atoms with van der Waals surface area (Å²) in [6, 6.07) is 6.44. The number of hydrogen-bond donors (Lipinski definition) is 2. The first-order chi connectivity index (χ1) is 10.1. The molecule has 0 aliphatic carbocycles. The van der Waals surface area contributed by atoms with Gasteiger partial charge in [-0.2, -0.15) is 0 Å². The molecule has 0 aromatic heterocycles. The second kappa shape index (κ2) is 7.73. The van der Waals surface area contributed by atoms with Crippen molar-refractivity contribution in [1.82, 2.24) is 10.6 Å². The first-order valence-corrected chi connectivity index (χ1v) is 7.36. The van der Waals surface area contributed by atoms with Crippen molar-refractivity contribution >= 4 is 11.6 Å². The summed E-state index contributed by atoms with van der Waals surface area (Å²) in [5.74, 6) is 0.675. The van der Waals surface area contributed by atoms with Gasteiger partial charge in [-0.05, 0) is 43.8 Å². The molecule has 1 aliphatic heterocycles. The molecular formula is C15H21N3O3. The Morgan fingerprint density at radius 3 is 3.05 bits per heavy atom. The minimum atomic E-state index is -0.417. The van der Waals surface area contributed by atoms with Gasteiger partial charge in [0.2, 0.25) is 5.91 Å². The van der Waals surface area contributed by atoms with Crippen molar-refractivity contribution in [1.29, 1.82) is 0 Å². The molecule has 1 fully saturated rings. The molecule has 1 heterocycles. The summed E-state index contributed by atoms with van der Waals surface area (Å²) >= 11 is 0. The molecule has 0 saturated carbocycles. The van der Waals surface area contributed by atoms with Gasteiger partial charge in [-0.3, -0.25) is 14.9 Å². The van der Waals surface area contributed by atoms with Gasteiger partial charge in [-0.1, -0.05) is 12.1 Å². The topological polar surface area (TPSA) is 84.3 Å². The lowest BCUT2D eigenvalue weighted by Crippen LogP contribution is -2.26. The van der Waals surface area contributed by atoms with Gasteiger partial charge in [0.1, 0.15) is 0 Å². The van der Waals surface area contributed by atoms with Crippen LogP contribution in [0.2, 0.25) is 0 Å². The highest BCUT2D eigenvalue weighted by atomic mass is 16.6. The Morgan fingerprint density at radius 1 is 1.48 bits per heavy atom. The number of hydrogen-bond acceptors (Lipinski definition) is 4.